The Morgan fingerprint density at radius 2 is 1.30 bits per heavy atom. The fraction of sp³-hybridized carbons (Fsp3) is 0.0909. The van der Waals surface area contributed by atoms with Crippen molar-refractivity contribution in [3.05, 3.63) is 74.0 Å². The third-order valence-corrected chi connectivity index (χ3v) is 6.53. The molecule has 150 valence electrons. The van der Waals surface area contributed by atoms with Gasteiger partial charge in [-0.05, 0) is 61.4 Å². The summed E-state index contributed by atoms with van der Waals surface area (Å²) in [5.41, 5.74) is 3.47. The second-order valence-corrected chi connectivity index (χ2v) is 8.89. The Morgan fingerprint density at radius 3 is 1.97 bits per heavy atom. The molecule has 2 aromatic heterocycles. The molecule has 5 rings (SSSR count). The Morgan fingerprint density at radius 1 is 0.733 bits per heavy atom. The summed E-state index contributed by atoms with van der Waals surface area (Å²) in [6.45, 7) is 3.85. The molecule has 0 saturated carbocycles. The number of hydrogen-bond donors (Lipinski definition) is 3. The van der Waals surface area contributed by atoms with Gasteiger partial charge in [0.2, 0.25) is 0 Å². The van der Waals surface area contributed by atoms with E-state index in [0.29, 0.717) is 38.2 Å². The van der Waals surface area contributed by atoms with E-state index in [1.54, 1.807) is 12.1 Å². The van der Waals surface area contributed by atoms with Crippen LogP contribution in [0.4, 0.5) is 0 Å². The van der Waals surface area contributed by atoms with Crippen molar-refractivity contribution >= 4 is 53.7 Å². The molecule has 7 nitrogen and oxygen atoms in total. The maximum absolute atomic E-state index is 13.2. The molecule has 0 amide bonds. The first kappa shape index (κ1) is 18.5. The first-order chi connectivity index (χ1) is 14.1. The van der Waals surface area contributed by atoms with E-state index >= 15 is 0 Å². The summed E-state index contributed by atoms with van der Waals surface area (Å²) in [6.07, 6.45) is 0. The van der Waals surface area contributed by atoms with Crippen LogP contribution in [-0.2, 0) is 10.1 Å². The molecule has 3 N–H and O–H groups in total. The molecule has 0 aliphatic rings. The summed E-state index contributed by atoms with van der Waals surface area (Å²) in [5, 5.41) is 1.50. The molecule has 0 bridgehead atoms. The largest absolute Gasteiger partial charge is 0.354 e. The van der Waals surface area contributed by atoms with Crippen molar-refractivity contribution in [2.45, 2.75) is 18.7 Å². The second-order valence-electron chi connectivity index (χ2n) is 7.46. The average molecular weight is 420 g/mol. The number of pyridine rings is 2. The van der Waals surface area contributed by atoms with Crippen molar-refractivity contribution in [3.63, 3.8) is 0 Å². The van der Waals surface area contributed by atoms with Crippen LogP contribution < -0.4 is 10.9 Å². The van der Waals surface area contributed by atoms with Crippen LogP contribution in [0.15, 0.2) is 56.9 Å². The van der Waals surface area contributed by atoms with Gasteiger partial charge in [0.1, 0.15) is 0 Å². The summed E-state index contributed by atoms with van der Waals surface area (Å²) in [6, 6.07) is 10.8. The van der Waals surface area contributed by atoms with E-state index < -0.39 is 15.5 Å². The summed E-state index contributed by atoms with van der Waals surface area (Å²) in [5.74, 6) is 0. The summed E-state index contributed by atoms with van der Waals surface area (Å²) < 4.78 is 32.2. The van der Waals surface area contributed by atoms with Crippen LogP contribution in [0.25, 0.3) is 43.6 Å². The van der Waals surface area contributed by atoms with Gasteiger partial charge < -0.3 is 9.97 Å². The highest BCUT2D eigenvalue weighted by molar-refractivity contribution is 7.85. The van der Waals surface area contributed by atoms with E-state index in [2.05, 4.69) is 9.97 Å². The van der Waals surface area contributed by atoms with Crippen molar-refractivity contribution in [2.75, 3.05) is 0 Å². The zero-order valence-electron chi connectivity index (χ0n) is 16.0. The van der Waals surface area contributed by atoms with Gasteiger partial charge >= 0.3 is 0 Å². The zero-order valence-corrected chi connectivity index (χ0v) is 16.8. The van der Waals surface area contributed by atoms with Gasteiger partial charge in [0.25, 0.3) is 10.1 Å². The minimum absolute atomic E-state index is 0.121. The van der Waals surface area contributed by atoms with Gasteiger partial charge in [0, 0.05) is 27.1 Å². The van der Waals surface area contributed by atoms with Gasteiger partial charge in [-0.2, -0.15) is 8.42 Å². The number of aromatic nitrogens is 2. The molecule has 0 saturated heterocycles. The van der Waals surface area contributed by atoms with Crippen molar-refractivity contribution in [1.82, 2.24) is 9.97 Å². The van der Waals surface area contributed by atoms with Gasteiger partial charge in [-0.3, -0.25) is 14.1 Å². The number of aryl methyl sites for hydroxylation is 2. The molecule has 0 fully saturated rings. The predicted molar refractivity (Wildman–Crippen MR) is 117 cm³/mol. The van der Waals surface area contributed by atoms with Crippen molar-refractivity contribution in [1.29, 1.82) is 0 Å². The Kier molecular flexibility index (Phi) is 3.71. The minimum Gasteiger partial charge on any atom is -0.354 e. The summed E-state index contributed by atoms with van der Waals surface area (Å²) in [7, 11) is -4.44. The van der Waals surface area contributed by atoms with Crippen LogP contribution in [0.5, 0.6) is 0 Å². The molecular formula is C22H16N2O5S. The monoisotopic (exact) mass is 420 g/mol. The molecule has 3 aromatic carbocycles. The number of fused-ring (bicyclic) bond motifs is 4. The predicted octanol–water partition coefficient (Wildman–Crippen LogP) is 3.54. The maximum atomic E-state index is 13.2. The van der Waals surface area contributed by atoms with Crippen molar-refractivity contribution < 1.29 is 13.0 Å². The standard InChI is InChI=1S/C22H16N2O5S/c1-10-3-5-17-20(11(10)2)22(26)15-9-18-14(8-19(15)24-17)21(25)13-7-12(30(27,28)29)4-6-16(13)23-18/h3-9H,1-2H3,(H,23,25)(H,24,26)(H,27,28,29). The van der Waals surface area contributed by atoms with Crippen LogP contribution in [-0.4, -0.2) is 22.9 Å². The lowest BCUT2D eigenvalue weighted by Gasteiger charge is -2.09. The van der Waals surface area contributed by atoms with Crippen LogP contribution in [0.3, 0.4) is 0 Å². The highest BCUT2D eigenvalue weighted by Gasteiger charge is 2.15. The third-order valence-electron chi connectivity index (χ3n) is 5.68. The molecule has 0 aliphatic heterocycles. The number of benzene rings is 3. The highest BCUT2D eigenvalue weighted by Crippen LogP contribution is 2.24. The molecule has 30 heavy (non-hydrogen) atoms. The zero-order chi connectivity index (χ0) is 21.4. The summed E-state index contributed by atoms with van der Waals surface area (Å²) >= 11 is 0. The van der Waals surface area contributed by atoms with Gasteiger partial charge in [0.15, 0.2) is 10.9 Å². The normalized spacial score (nSPS) is 12.4. The maximum Gasteiger partial charge on any atom is 0.294 e. The van der Waals surface area contributed by atoms with Gasteiger partial charge in [-0.25, -0.2) is 0 Å². The van der Waals surface area contributed by atoms with E-state index in [1.165, 1.54) is 12.1 Å². The minimum atomic E-state index is -4.44. The van der Waals surface area contributed by atoms with E-state index in [0.717, 1.165) is 17.2 Å². The topological polar surface area (TPSA) is 120 Å². The molecule has 0 atom stereocenters. The molecule has 2 heterocycles. The smallest absolute Gasteiger partial charge is 0.294 e. The number of nitrogens with one attached hydrogen (secondary N) is 2. The van der Waals surface area contributed by atoms with E-state index in [1.807, 2.05) is 26.0 Å². The summed E-state index contributed by atoms with van der Waals surface area (Å²) in [4.78, 5) is 32.2. The van der Waals surface area contributed by atoms with E-state index in [9.17, 15) is 22.6 Å². The quantitative estimate of drug-likeness (QED) is 0.283. The molecule has 0 spiro atoms. The lowest BCUT2D eigenvalue weighted by molar-refractivity contribution is 0.483. The van der Waals surface area contributed by atoms with Gasteiger partial charge in [-0.1, -0.05) is 6.07 Å². The van der Waals surface area contributed by atoms with Crippen LogP contribution >= 0.6 is 0 Å². The fourth-order valence-electron chi connectivity index (χ4n) is 3.95. The molecule has 5 aromatic rings. The third kappa shape index (κ3) is 2.58. The molecule has 0 radical (unpaired) electrons. The molecule has 0 unspecified atom stereocenters. The molecular weight excluding hydrogens is 404 g/mol. The Bertz CT molecular complexity index is 1780. The fourth-order valence-corrected chi connectivity index (χ4v) is 4.45. The van der Waals surface area contributed by atoms with E-state index in [4.69, 9.17) is 0 Å². The van der Waals surface area contributed by atoms with Gasteiger partial charge in [0.05, 0.1) is 21.4 Å². The first-order valence-corrected chi connectivity index (χ1v) is 10.6. The Labute approximate surface area is 169 Å². The average Bonchev–Trinajstić information content (AvgIpc) is 2.69. The van der Waals surface area contributed by atoms with Crippen molar-refractivity contribution in [2.24, 2.45) is 0 Å². The lowest BCUT2D eigenvalue weighted by atomic mass is 10.0. The highest BCUT2D eigenvalue weighted by atomic mass is 32.2. The molecule has 0 aliphatic carbocycles. The lowest BCUT2D eigenvalue weighted by Crippen LogP contribution is -2.10. The second kappa shape index (κ2) is 6.01. The number of rotatable bonds is 1. The van der Waals surface area contributed by atoms with Crippen LogP contribution in [0, 0.1) is 13.8 Å². The molecule has 8 heteroatoms. The van der Waals surface area contributed by atoms with Crippen LogP contribution in [0.1, 0.15) is 11.1 Å². The Hall–Kier alpha value is -3.49. The Balaban J connectivity index is 1.94. The number of aromatic amines is 2. The first-order valence-electron chi connectivity index (χ1n) is 9.18. The SMILES string of the molecule is Cc1ccc2[nH]c3cc4c(=O)c5cc(S(=O)(=O)O)ccc5[nH]c4cc3c(=O)c2c1C. The van der Waals surface area contributed by atoms with Crippen LogP contribution in [0.2, 0.25) is 0 Å². The van der Waals surface area contributed by atoms with Crippen molar-refractivity contribution in [3.8, 4) is 0 Å². The number of H-pyrrole nitrogens is 2. The van der Waals surface area contributed by atoms with E-state index in [-0.39, 0.29) is 15.7 Å². The van der Waals surface area contributed by atoms with Gasteiger partial charge in [-0.15, -0.1) is 0 Å². The number of hydrogen-bond acceptors (Lipinski definition) is 4.